The van der Waals surface area contributed by atoms with Gasteiger partial charge >= 0.3 is 0 Å². The standard InChI is InChI=1S/C10H23NO3S/c1-4-9(2)15(13)8-10(12)7-11-5-6-14-3/h9-12H,4-8H2,1-3H3. The van der Waals surface area contributed by atoms with Crippen molar-refractivity contribution in [2.75, 3.05) is 32.6 Å². The van der Waals surface area contributed by atoms with Crippen LogP contribution in [-0.2, 0) is 15.5 Å². The smallest absolute Gasteiger partial charge is 0.0779 e. The van der Waals surface area contributed by atoms with Crippen molar-refractivity contribution in [1.29, 1.82) is 0 Å². The third-order valence-corrected chi connectivity index (χ3v) is 4.19. The van der Waals surface area contributed by atoms with E-state index in [1.807, 2.05) is 13.8 Å². The van der Waals surface area contributed by atoms with Crippen LogP contribution in [0.5, 0.6) is 0 Å². The first-order valence-electron chi connectivity index (χ1n) is 5.36. The Morgan fingerprint density at radius 3 is 2.73 bits per heavy atom. The summed E-state index contributed by atoms with van der Waals surface area (Å²) in [6.45, 7) is 5.77. The number of hydrogen-bond donors (Lipinski definition) is 2. The molecular weight excluding hydrogens is 214 g/mol. The van der Waals surface area contributed by atoms with Gasteiger partial charge in [-0.1, -0.05) is 13.8 Å². The summed E-state index contributed by atoms with van der Waals surface area (Å²) in [5.41, 5.74) is 0. The van der Waals surface area contributed by atoms with Gasteiger partial charge in [-0.25, -0.2) is 0 Å². The van der Waals surface area contributed by atoms with Crippen LogP contribution >= 0.6 is 0 Å². The van der Waals surface area contributed by atoms with Crippen LogP contribution in [0.4, 0.5) is 0 Å². The predicted molar refractivity (Wildman–Crippen MR) is 63.5 cm³/mol. The third kappa shape index (κ3) is 7.90. The molecule has 0 saturated carbocycles. The minimum atomic E-state index is -0.923. The summed E-state index contributed by atoms with van der Waals surface area (Å²) in [6, 6.07) is 0. The van der Waals surface area contributed by atoms with Crippen molar-refractivity contribution in [1.82, 2.24) is 5.32 Å². The highest BCUT2D eigenvalue weighted by Gasteiger charge is 2.13. The van der Waals surface area contributed by atoms with Gasteiger partial charge in [0, 0.05) is 36.2 Å². The average Bonchev–Trinajstić information content (AvgIpc) is 2.23. The van der Waals surface area contributed by atoms with Gasteiger partial charge in [0.05, 0.1) is 18.5 Å². The molecule has 0 bridgehead atoms. The second kappa shape index (κ2) is 9.27. The Bertz CT molecular complexity index is 178. The fourth-order valence-corrected chi connectivity index (χ4v) is 2.24. The zero-order valence-electron chi connectivity index (χ0n) is 9.86. The van der Waals surface area contributed by atoms with E-state index in [0.29, 0.717) is 25.4 Å². The highest BCUT2D eigenvalue weighted by atomic mass is 32.2. The molecule has 0 heterocycles. The van der Waals surface area contributed by atoms with E-state index in [9.17, 15) is 9.32 Å². The molecule has 0 spiro atoms. The lowest BCUT2D eigenvalue weighted by Crippen LogP contribution is -2.34. The number of ether oxygens (including phenoxy) is 1. The molecule has 2 N–H and O–H groups in total. The average molecular weight is 237 g/mol. The molecule has 4 nitrogen and oxygen atoms in total. The summed E-state index contributed by atoms with van der Waals surface area (Å²) in [5, 5.41) is 12.8. The quantitative estimate of drug-likeness (QED) is 0.560. The van der Waals surface area contributed by atoms with E-state index in [0.717, 1.165) is 6.42 Å². The Hall–Kier alpha value is 0.0300. The molecule has 5 heteroatoms. The molecule has 0 aliphatic rings. The predicted octanol–water partition coefficient (Wildman–Crippen LogP) is 0.131. The topological polar surface area (TPSA) is 58.6 Å². The Morgan fingerprint density at radius 1 is 1.53 bits per heavy atom. The molecule has 3 unspecified atom stereocenters. The van der Waals surface area contributed by atoms with Crippen LogP contribution in [0, 0.1) is 0 Å². The molecule has 0 saturated heterocycles. The van der Waals surface area contributed by atoms with Gasteiger partial charge in [0.2, 0.25) is 0 Å². The van der Waals surface area contributed by atoms with E-state index in [-0.39, 0.29) is 5.25 Å². The van der Waals surface area contributed by atoms with Crippen molar-refractivity contribution in [3.05, 3.63) is 0 Å². The number of aliphatic hydroxyl groups is 1. The van der Waals surface area contributed by atoms with Crippen LogP contribution in [0.1, 0.15) is 20.3 Å². The summed E-state index contributed by atoms with van der Waals surface area (Å²) >= 11 is 0. The van der Waals surface area contributed by atoms with Crippen molar-refractivity contribution in [3.8, 4) is 0 Å². The van der Waals surface area contributed by atoms with E-state index in [1.165, 1.54) is 0 Å². The highest BCUT2D eigenvalue weighted by Crippen LogP contribution is 2.02. The first-order valence-corrected chi connectivity index (χ1v) is 6.74. The summed E-state index contributed by atoms with van der Waals surface area (Å²) in [6.07, 6.45) is 0.355. The van der Waals surface area contributed by atoms with E-state index >= 15 is 0 Å². The van der Waals surface area contributed by atoms with Crippen LogP contribution < -0.4 is 5.32 Å². The van der Waals surface area contributed by atoms with Crippen LogP contribution in [0.2, 0.25) is 0 Å². The molecule has 0 radical (unpaired) electrons. The largest absolute Gasteiger partial charge is 0.391 e. The van der Waals surface area contributed by atoms with Gasteiger partial charge in [0.25, 0.3) is 0 Å². The number of hydrogen-bond acceptors (Lipinski definition) is 4. The monoisotopic (exact) mass is 237 g/mol. The fraction of sp³-hybridized carbons (Fsp3) is 1.00. The lowest BCUT2D eigenvalue weighted by atomic mass is 10.4. The Kier molecular flexibility index (Phi) is 9.29. The van der Waals surface area contributed by atoms with E-state index in [4.69, 9.17) is 4.74 Å². The molecule has 92 valence electrons. The van der Waals surface area contributed by atoms with Gasteiger partial charge in [-0.15, -0.1) is 0 Å². The van der Waals surface area contributed by atoms with Gasteiger partial charge in [0.1, 0.15) is 0 Å². The molecule has 0 aromatic heterocycles. The van der Waals surface area contributed by atoms with Gasteiger partial charge in [-0.2, -0.15) is 0 Å². The van der Waals surface area contributed by atoms with Crippen molar-refractivity contribution >= 4 is 10.8 Å². The summed E-state index contributed by atoms with van der Waals surface area (Å²) < 4.78 is 16.4. The summed E-state index contributed by atoms with van der Waals surface area (Å²) in [5.74, 6) is 0.356. The van der Waals surface area contributed by atoms with E-state index in [2.05, 4.69) is 5.32 Å². The number of nitrogens with one attached hydrogen (secondary N) is 1. The van der Waals surface area contributed by atoms with Gasteiger partial charge in [-0.05, 0) is 6.42 Å². The third-order valence-electron chi connectivity index (χ3n) is 2.24. The Balaban J connectivity index is 3.55. The van der Waals surface area contributed by atoms with Crippen LogP contribution in [0.15, 0.2) is 0 Å². The van der Waals surface area contributed by atoms with Gasteiger partial charge in [0.15, 0.2) is 0 Å². The molecule has 0 aliphatic carbocycles. The van der Waals surface area contributed by atoms with Gasteiger partial charge in [-0.3, -0.25) is 4.21 Å². The first-order chi connectivity index (χ1) is 7.11. The van der Waals surface area contributed by atoms with Crippen molar-refractivity contribution in [2.45, 2.75) is 31.6 Å². The lowest BCUT2D eigenvalue weighted by molar-refractivity contribution is 0.174. The molecule has 0 amide bonds. The second-order valence-electron chi connectivity index (χ2n) is 3.62. The number of aliphatic hydroxyl groups excluding tert-OH is 1. The summed E-state index contributed by atoms with van der Waals surface area (Å²) in [7, 11) is 0.712. The zero-order valence-corrected chi connectivity index (χ0v) is 10.7. The molecule has 0 aromatic rings. The fourth-order valence-electron chi connectivity index (χ4n) is 1.04. The normalized spacial score (nSPS) is 17.3. The second-order valence-corrected chi connectivity index (χ2v) is 5.52. The Labute approximate surface area is 94.9 Å². The SMILES string of the molecule is CCC(C)S(=O)CC(O)CNCCOC. The van der Waals surface area contributed by atoms with Crippen LogP contribution in [0.3, 0.4) is 0 Å². The highest BCUT2D eigenvalue weighted by molar-refractivity contribution is 7.85. The maximum atomic E-state index is 11.6. The maximum absolute atomic E-state index is 11.6. The van der Waals surface area contributed by atoms with Crippen molar-refractivity contribution in [2.24, 2.45) is 0 Å². The molecule has 15 heavy (non-hydrogen) atoms. The van der Waals surface area contributed by atoms with E-state index < -0.39 is 16.9 Å². The van der Waals surface area contributed by atoms with Crippen molar-refractivity contribution in [3.63, 3.8) is 0 Å². The maximum Gasteiger partial charge on any atom is 0.0779 e. The zero-order chi connectivity index (χ0) is 11.7. The van der Waals surface area contributed by atoms with Gasteiger partial charge < -0.3 is 15.2 Å². The molecule has 0 fully saturated rings. The number of methoxy groups -OCH3 is 1. The van der Waals surface area contributed by atoms with Crippen molar-refractivity contribution < 1.29 is 14.1 Å². The minimum Gasteiger partial charge on any atom is -0.391 e. The minimum absolute atomic E-state index is 0.165. The first kappa shape index (κ1) is 15.0. The van der Waals surface area contributed by atoms with E-state index in [1.54, 1.807) is 7.11 Å². The number of rotatable bonds is 9. The van der Waals surface area contributed by atoms with Crippen LogP contribution in [-0.4, -0.2) is 53.2 Å². The van der Waals surface area contributed by atoms with Crippen LogP contribution in [0.25, 0.3) is 0 Å². The molecule has 0 rings (SSSR count). The summed E-state index contributed by atoms with van der Waals surface area (Å²) in [4.78, 5) is 0. The Morgan fingerprint density at radius 2 is 2.20 bits per heavy atom. The lowest BCUT2D eigenvalue weighted by Gasteiger charge is -2.14. The molecule has 0 aliphatic heterocycles. The molecular formula is C10H23NO3S. The molecule has 3 atom stereocenters. The molecule has 0 aromatic carbocycles.